The molecule has 8 heteroatoms. The van der Waals surface area contributed by atoms with Gasteiger partial charge in [0.2, 0.25) is 12.2 Å². The standard InChI is InChI=1S/C24H16BrNO6/c25-17-11-13-18(14-12-17)26-21(27)19(31-23(29)15-7-3-1-4-8-15)20(22(26)28)32-24(30)16-9-5-2-6-10-16/h1-14,19-20H/t19-,20-/m1/s1. The van der Waals surface area contributed by atoms with Gasteiger partial charge in [0, 0.05) is 4.47 Å². The van der Waals surface area contributed by atoms with Gasteiger partial charge in [0.05, 0.1) is 16.8 Å². The van der Waals surface area contributed by atoms with Crippen LogP contribution in [0.25, 0.3) is 0 Å². The quantitative estimate of drug-likeness (QED) is 0.396. The molecular formula is C24H16BrNO6. The van der Waals surface area contributed by atoms with Crippen molar-refractivity contribution in [3.63, 3.8) is 0 Å². The highest BCUT2D eigenvalue weighted by Gasteiger charge is 2.53. The van der Waals surface area contributed by atoms with E-state index < -0.39 is 36.0 Å². The molecule has 1 aliphatic rings. The summed E-state index contributed by atoms with van der Waals surface area (Å²) in [5.41, 5.74) is 0.660. The summed E-state index contributed by atoms with van der Waals surface area (Å²) in [4.78, 5) is 52.3. The average Bonchev–Trinajstić information content (AvgIpc) is 3.04. The van der Waals surface area contributed by atoms with Gasteiger partial charge in [-0.2, -0.15) is 0 Å². The molecule has 3 aromatic carbocycles. The van der Waals surface area contributed by atoms with Gasteiger partial charge in [0.25, 0.3) is 11.8 Å². The summed E-state index contributed by atoms with van der Waals surface area (Å²) in [6, 6.07) is 22.5. The third-order valence-corrected chi connectivity index (χ3v) is 5.30. The van der Waals surface area contributed by atoms with Crippen molar-refractivity contribution >= 4 is 45.4 Å². The summed E-state index contributed by atoms with van der Waals surface area (Å²) in [6.07, 6.45) is -3.24. The Kier molecular flexibility index (Phi) is 6.13. The number of hydrogen-bond acceptors (Lipinski definition) is 6. The zero-order chi connectivity index (χ0) is 22.7. The molecule has 1 fully saturated rings. The maximum Gasteiger partial charge on any atom is 0.339 e. The van der Waals surface area contributed by atoms with Crippen LogP contribution in [0.4, 0.5) is 5.69 Å². The molecule has 2 atom stereocenters. The van der Waals surface area contributed by atoms with Crippen LogP contribution in [0.5, 0.6) is 0 Å². The molecule has 0 bridgehead atoms. The van der Waals surface area contributed by atoms with E-state index >= 15 is 0 Å². The summed E-state index contributed by atoms with van der Waals surface area (Å²) in [7, 11) is 0. The van der Waals surface area contributed by atoms with Crippen LogP contribution >= 0.6 is 15.9 Å². The van der Waals surface area contributed by atoms with Crippen LogP contribution in [0.2, 0.25) is 0 Å². The van der Waals surface area contributed by atoms with E-state index in [1.54, 1.807) is 60.7 Å². The lowest BCUT2D eigenvalue weighted by Crippen LogP contribution is -2.37. The van der Waals surface area contributed by atoms with Crippen molar-refractivity contribution in [3.8, 4) is 0 Å². The maximum absolute atomic E-state index is 13.1. The fourth-order valence-corrected chi connectivity index (χ4v) is 3.47. The molecule has 0 spiro atoms. The normalized spacial score (nSPS) is 17.8. The minimum Gasteiger partial charge on any atom is -0.444 e. The molecule has 0 N–H and O–H groups in total. The minimum absolute atomic E-state index is 0.197. The number of nitrogens with zero attached hydrogens (tertiary/aromatic N) is 1. The van der Waals surface area contributed by atoms with E-state index in [2.05, 4.69) is 15.9 Å². The summed E-state index contributed by atoms with van der Waals surface area (Å²) >= 11 is 3.30. The Hall–Kier alpha value is -3.78. The Balaban J connectivity index is 1.65. The smallest absolute Gasteiger partial charge is 0.339 e. The van der Waals surface area contributed by atoms with Crippen molar-refractivity contribution in [1.29, 1.82) is 0 Å². The van der Waals surface area contributed by atoms with E-state index in [-0.39, 0.29) is 16.8 Å². The van der Waals surface area contributed by atoms with Crippen molar-refractivity contribution in [2.45, 2.75) is 12.2 Å². The van der Waals surface area contributed by atoms with Gasteiger partial charge in [0.15, 0.2) is 0 Å². The van der Waals surface area contributed by atoms with E-state index in [4.69, 9.17) is 9.47 Å². The number of anilines is 1. The molecule has 0 saturated carbocycles. The summed E-state index contributed by atoms with van der Waals surface area (Å²) in [5, 5.41) is 0. The lowest BCUT2D eigenvalue weighted by atomic mass is 10.2. The lowest BCUT2D eigenvalue weighted by Gasteiger charge is -2.16. The van der Waals surface area contributed by atoms with Crippen molar-refractivity contribution in [2.75, 3.05) is 4.90 Å². The Morgan fingerprint density at radius 3 is 1.47 bits per heavy atom. The summed E-state index contributed by atoms with van der Waals surface area (Å²) in [5.74, 6) is -3.22. The topological polar surface area (TPSA) is 90.0 Å². The Labute approximate surface area is 191 Å². The van der Waals surface area contributed by atoms with Crippen LogP contribution in [0.15, 0.2) is 89.4 Å². The number of esters is 2. The van der Waals surface area contributed by atoms with Crippen molar-refractivity contribution in [1.82, 2.24) is 0 Å². The molecule has 2 amide bonds. The number of rotatable bonds is 5. The molecule has 7 nitrogen and oxygen atoms in total. The molecule has 0 unspecified atom stereocenters. The zero-order valence-corrected chi connectivity index (χ0v) is 18.1. The van der Waals surface area contributed by atoms with Gasteiger partial charge in [-0.3, -0.25) is 9.59 Å². The van der Waals surface area contributed by atoms with Crippen molar-refractivity contribution < 1.29 is 28.7 Å². The highest BCUT2D eigenvalue weighted by atomic mass is 79.9. The number of imide groups is 1. The molecule has 160 valence electrons. The first-order chi connectivity index (χ1) is 15.5. The van der Waals surface area contributed by atoms with E-state index in [1.807, 2.05) is 0 Å². The highest BCUT2D eigenvalue weighted by Crippen LogP contribution is 2.29. The molecule has 4 rings (SSSR count). The third kappa shape index (κ3) is 4.31. The van der Waals surface area contributed by atoms with E-state index in [0.717, 1.165) is 9.37 Å². The number of amides is 2. The summed E-state index contributed by atoms with van der Waals surface area (Å²) in [6.45, 7) is 0. The van der Waals surface area contributed by atoms with Gasteiger partial charge in [-0.15, -0.1) is 0 Å². The second-order valence-corrected chi connectivity index (χ2v) is 7.79. The number of halogens is 1. The van der Waals surface area contributed by atoms with E-state index in [9.17, 15) is 19.2 Å². The number of benzene rings is 3. The molecular weight excluding hydrogens is 478 g/mol. The maximum atomic E-state index is 13.1. The number of ether oxygens (including phenoxy) is 2. The number of hydrogen-bond donors (Lipinski definition) is 0. The van der Waals surface area contributed by atoms with Crippen LogP contribution < -0.4 is 4.90 Å². The van der Waals surface area contributed by atoms with Gasteiger partial charge < -0.3 is 9.47 Å². The molecule has 3 aromatic rings. The van der Waals surface area contributed by atoms with Crippen molar-refractivity contribution in [3.05, 3.63) is 101 Å². The van der Waals surface area contributed by atoms with E-state index in [1.165, 1.54) is 24.3 Å². The molecule has 0 aliphatic carbocycles. The van der Waals surface area contributed by atoms with Crippen molar-refractivity contribution in [2.24, 2.45) is 0 Å². The first-order valence-corrected chi connectivity index (χ1v) is 10.4. The van der Waals surface area contributed by atoms with Gasteiger partial charge >= 0.3 is 11.9 Å². The monoisotopic (exact) mass is 493 g/mol. The SMILES string of the molecule is O=C(O[C@H]1C(=O)N(c2ccc(Br)cc2)C(=O)[C@@H]1OC(=O)c1ccccc1)c1ccccc1. The predicted molar refractivity (Wildman–Crippen MR) is 118 cm³/mol. The lowest BCUT2D eigenvalue weighted by molar-refractivity contribution is -0.130. The molecule has 1 heterocycles. The van der Waals surface area contributed by atoms with E-state index in [0.29, 0.717) is 0 Å². The van der Waals surface area contributed by atoms with Gasteiger partial charge in [-0.05, 0) is 48.5 Å². The van der Waals surface area contributed by atoms with Crippen LogP contribution in [0.3, 0.4) is 0 Å². The first kappa shape index (κ1) is 21.5. The first-order valence-electron chi connectivity index (χ1n) is 9.61. The van der Waals surface area contributed by atoms with Crippen LogP contribution in [-0.4, -0.2) is 36.0 Å². The molecule has 0 aromatic heterocycles. The molecule has 1 aliphatic heterocycles. The van der Waals surface area contributed by atoms with Gasteiger partial charge in [-0.25, -0.2) is 14.5 Å². The minimum atomic E-state index is -1.62. The second-order valence-electron chi connectivity index (χ2n) is 6.87. The van der Waals surface area contributed by atoms with Gasteiger partial charge in [-0.1, -0.05) is 52.3 Å². The average molecular weight is 494 g/mol. The van der Waals surface area contributed by atoms with Crippen LogP contribution in [0, 0.1) is 0 Å². The summed E-state index contributed by atoms with van der Waals surface area (Å²) < 4.78 is 11.5. The predicted octanol–water partition coefficient (Wildman–Crippen LogP) is 3.77. The van der Waals surface area contributed by atoms with Crippen LogP contribution in [-0.2, 0) is 19.1 Å². The molecule has 32 heavy (non-hydrogen) atoms. The molecule has 1 saturated heterocycles. The third-order valence-electron chi connectivity index (χ3n) is 4.77. The Morgan fingerprint density at radius 1 is 0.656 bits per heavy atom. The van der Waals surface area contributed by atoms with Crippen LogP contribution in [0.1, 0.15) is 20.7 Å². The van der Waals surface area contributed by atoms with Gasteiger partial charge in [0.1, 0.15) is 0 Å². The fourth-order valence-electron chi connectivity index (χ4n) is 3.21. The fraction of sp³-hybridized carbons (Fsp3) is 0.0833. The largest absolute Gasteiger partial charge is 0.444 e. The second kappa shape index (κ2) is 9.15. The zero-order valence-electron chi connectivity index (χ0n) is 16.5. The molecule has 0 radical (unpaired) electrons. The number of carbonyl (C=O) groups excluding carboxylic acids is 4. The Bertz CT molecular complexity index is 1090. The number of carbonyl (C=O) groups is 4. The Morgan fingerprint density at radius 2 is 1.06 bits per heavy atom. The highest BCUT2D eigenvalue weighted by molar-refractivity contribution is 9.10.